The third-order valence-corrected chi connectivity index (χ3v) is 3.36. The van der Waals surface area contributed by atoms with E-state index in [1.165, 1.54) is 17.4 Å². The molecular formula is C12H11N3O3S. The van der Waals surface area contributed by atoms with E-state index in [0.29, 0.717) is 10.4 Å². The van der Waals surface area contributed by atoms with Crippen LogP contribution in [0.25, 0.3) is 0 Å². The number of hydrogen-bond acceptors (Lipinski definition) is 4. The molecule has 0 saturated carbocycles. The van der Waals surface area contributed by atoms with Crippen molar-refractivity contribution in [3.05, 3.63) is 56.3 Å². The van der Waals surface area contributed by atoms with Crippen LogP contribution in [0.4, 0.5) is 5.69 Å². The number of nitro groups is 1. The maximum absolute atomic E-state index is 11.8. The van der Waals surface area contributed by atoms with Crippen LogP contribution in [-0.2, 0) is 18.3 Å². The number of amides is 1. The number of benzene rings is 1. The van der Waals surface area contributed by atoms with Gasteiger partial charge in [-0.2, -0.15) is 4.99 Å². The Morgan fingerprint density at radius 2 is 2.21 bits per heavy atom. The lowest BCUT2D eigenvalue weighted by atomic mass is 10.1. The van der Waals surface area contributed by atoms with Gasteiger partial charge in [0.25, 0.3) is 11.6 Å². The Kier molecular flexibility index (Phi) is 3.86. The highest BCUT2D eigenvalue weighted by Gasteiger charge is 2.15. The van der Waals surface area contributed by atoms with Crippen molar-refractivity contribution in [1.29, 1.82) is 0 Å². The minimum absolute atomic E-state index is 0.0541. The molecular weight excluding hydrogens is 266 g/mol. The zero-order valence-electron chi connectivity index (χ0n) is 10.1. The summed E-state index contributed by atoms with van der Waals surface area (Å²) in [6.45, 7) is 0. The number of nitrogens with zero attached hydrogens (tertiary/aromatic N) is 3. The van der Waals surface area contributed by atoms with Crippen LogP contribution in [0.5, 0.6) is 0 Å². The van der Waals surface area contributed by atoms with Crippen molar-refractivity contribution in [2.75, 3.05) is 0 Å². The zero-order chi connectivity index (χ0) is 13.8. The molecule has 1 aromatic heterocycles. The van der Waals surface area contributed by atoms with Gasteiger partial charge in [0.05, 0.1) is 11.3 Å². The molecule has 2 aromatic rings. The molecule has 1 amide bonds. The molecule has 0 aliphatic rings. The lowest BCUT2D eigenvalue weighted by Gasteiger charge is -1.99. The third-order valence-electron chi connectivity index (χ3n) is 2.51. The van der Waals surface area contributed by atoms with Gasteiger partial charge in [-0.3, -0.25) is 14.9 Å². The molecule has 0 fully saturated rings. The van der Waals surface area contributed by atoms with E-state index in [-0.39, 0.29) is 12.1 Å². The van der Waals surface area contributed by atoms with Crippen molar-refractivity contribution in [2.24, 2.45) is 12.0 Å². The smallest absolute Gasteiger partial charge is 0.273 e. The van der Waals surface area contributed by atoms with Crippen LogP contribution < -0.4 is 4.80 Å². The molecule has 0 spiro atoms. The van der Waals surface area contributed by atoms with Crippen LogP contribution >= 0.6 is 11.3 Å². The van der Waals surface area contributed by atoms with E-state index in [9.17, 15) is 14.9 Å². The summed E-state index contributed by atoms with van der Waals surface area (Å²) in [5.41, 5.74) is 0.321. The van der Waals surface area contributed by atoms with Crippen molar-refractivity contribution >= 4 is 22.9 Å². The zero-order valence-corrected chi connectivity index (χ0v) is 11.0. The van der Waals surface area contributed by atoms with Crippen LogP contribution in [-0.4, -0.2) is 15.4 Å². The molecule has 1 aromatic carbocycles. The average Bonchev–Trinajstić information content (AvgIpc) is 2.75. The van der Waals surface area contributed by atoms with Crippen molar-refractivity contribution < 1.29 is 9.72 Å². The Bertz CT molecular complexity index is 687. The van der Waals surface area contributed by atoms with Crippen LogP contribution in [0.1, 0.15) is 5.56 Å². The van der Waals surface area contributed by atoms with Crippen LogP contribution in [0, 0.1) is 10.1 Å². The summed E-state index contributed by atoms with van der Waals surface area (Å²) in [4.78, 5) is 26.7. The van der Waals surface area contributed by atoms with Gasteiger partial charge in [-0.1, -0.05) is 18.2 Å². The number of para-hydroxylation sites is 1. The summed E-state index contributed by atoms with van der Waals surface area (Å²) >= 11 is 1.34. The Morgan fingerprint density at radius 3 is 2.84 bits per heavy atom. The van der Waals surface area contributed by atoms with Gasteiger partial charge >= 0.3 is 0 Å². The first-order valence-electron chi connectivity index (χ1n) is 5.48. The Hall–Kier alpha value is -2.28. The molecule has 98 valence electrons. The second-order valence-electron chi connectivity index (χ2n) is 3.86. The second kappa shape index (κ2) is 5.57. The third kappa shape index (κ3) is 3.14. The highest BCUT2D eigenvalue weighted by Crippen LogP contribution is 2.18. The van der Waals surface area contributed by atoms with Crippen molar-refractivity contribution in [1.82, 2.24) is 4.57 Å². The van der Waals surface area contributed by atoms with E-state index in [1.807, 2.05) is 5.38 Å². The maximum Gasteiger partial charge on any atom is 0.273 e. The molecule has 0 radical (unpaired) electrons. The van der Waals surface area contributed by atoms with E-state index in [0.717, 1.165) is 0 Å². The predicted octanol–water partition coefficient (Wildman–Crippen LogP) is 1.66. The number of carbonyl (C=O) groups is 1. The topological polar surface area (TPSA) is 77.5 Å². The average molecular weight is 277 g/mol. The number of aryl methyl sites for hydroxylation is 1. The van der Waals surface area contributed by atoms with E-state index in [2.05, 4.69) is 4.99 Å². The van der Waals surface area contributed by atoms with Gasteiger partial charge in [-0.05, 0) is 0 Å². The Morgan fingerprint density at radius 1 is 1.47 bits per heavy atom. The molecule has 1 heterocycles. The molecule has 0 N–H and O–H groups in total. The fraction of sp³-hybridized carbons (Fsp3) is 0.167. The van der Waals surface area contributed by atoms with Crippen LogP contribution in [0.2, 0.25) is 0 Å². The molecule has 0 bridgehead atoms. The molecule has 0 aliphatic carbocycles. The first-order chi connectivity index (χ1) is 9.08. The van der Waals surface area contributed by atoms with Crippen molar-refractivity contribution in [3.8, 4) is 0 Å². The number of thiazole rings is 1. The lowest BCUT2D eigenvalue weighted by Crippen LogP contribution is -2.14. The largest absolute Gasteiger partial charge is 0.327 e. The van der Waals surface area contributed by atoms with Gasteiger partial charge in [0, 0.05) is 30.3 Å². The summed E-state index contributed by atoms with van der Waals surface area (Å²) in [5.74, 6) is -0.396. The fourth-order valence-corrected chi connectivity index (χ4v) is 2.33. The van der Waals surface area contributed by atoms with Gasteiger partial charge in [0.2, 0.25) is 0 Å². The number of nitro benzene ring substituents is 1. The summed E-state index contributed by atoms with van der Waals surface area (Å²) in [7, 11) is 1.79. The monoisotopic (exact) mass is 277 g/mol. The summed E-state index contributed by atoms with van der Waals surface area (Å²) < 4.78 is 1.72. The predicted molar refractivity (Wildman–Crippen MR) is 70.7 cm³/mol. The van der Waals surface area contributed by atoms with Gasteiger partial charge < -0.3 is 4.57 Å². The molecule has 7 heteroatoms. The molecule has 6 nitrogen and oxygen atoms in total. The van der Waals surface area contributed by atoms with Crippen LogP contribution in [0.15, 0.2) is 40.8 Å². The fourth-order valence-electron chi connectivity index (χ4n) is 1.58. The number of rotatable bonds is 3. The van der Waals surface area contributed by atoms with E-state index < -0.39 is 10.8 Å². The molecule has 0 aliphatic heterocycles. The summed E-state index contributed by atoms with van der Waals surface area (Å²) in [6, 6.07) is 6.19. The minimum Gasteiger partial charge on any atom is -0.327 e. The molecule has 0 atom stereocenters. The Labute approximate surface area is 112 Å². The quantitative estimate of drug-likeness (QED) is 0.632. The van der Waals surface area contributed by atoms with E-state index >= 15 is 0 Å². The van der Waals surface area contributed by atoms with E-state index in [1.54, 1.807) is 36.0 Å². The highest BCUT2D eigenvalue weighted by atomic mass is 32.1. The van der Waals surface area contributed by atoms with E-state index in [4.69, 9.17) is 0 Å². The normalized spacial score (nSPS) is 11.5. The molecule has 2 rings (SSSR count). The standard InChI is InChI=1S/C12H11N3O3S/c1-14-6-7-19-12(14)13-11(16)8-9-4-2-3-5-10(9)15(17)18/h2-7H,8H2,1H3. The minimum atomic E-state index is -0.492. The maximum atomic E-state index is 11.8. The second-order valence-corrected chi connectivity index (χ2v) is 4.74. The number of aromatic nitrogens is 1. The number of hydrogen-bond donors (Lipinski definition) is 0. The van der Waals surface area contributed by atoms with Gasteiger partial charge in [0.15, 0.2) is 4.80 Å². The van der Waals surface area contributed by atoms with Gasteiger partial charge in [0.1, 0.15) is 0 Å². The molecule has 0 unspecified atom stereocenters. The molecule has 0 saturated heterocycles. The lowest BCUT2D eigenvalue weighted by molar-refractivity contribution is -0.385. The molecule has 19 heavy (non-hydrogen) atoms. The summed E-state index contributed by atoms with van der Waals surface area (Å²) in [5, 5.41) is 12.7. The summed E-state index contributed by atoms with van der Waals surface area (Å²) in [6.07, 6.45) is 1.72. The van der Waals surface area contributed by atoms with Crippen molar-refractivity contribution in [3.63, 3.8) is 0 Å². The first-order valence-corrected chi connectivity index (χ1v) is 6.36. The van der Waals surface area contributed by atoms with Gasteiger partial charge in [-0.25, -0.2) is 0 Å². The Balaban J connectivity index is 2.26. The van der Waals surface area contributed by atoms with Gasteiger partial charge in [-0.15, -0.1) is 11.3 Å². The van der Waals surface area contributed by atoms with Crippen LogP contribution in [0.3, 0.4) is 0 Å². The number of carbonyl (C=O) groups excluding carboxylic acids is 1. The SMILES string of the molecule is Cn1ccsc1=NC(=O)Cc1ccccc1[N+](=O)[O-]. The highest BCUT2D eigenvalue weighted by molar-refractivity contribution is 7.07. The first kappa shape index (κ1) is 13.2. The van der Waals surface area contributed by atoms with Crippen molar-refractivity contribution in [2.45, 2.75) is 6.42 Å².